The van der Waals surface area contributed by atoms with Crippen LogP contribution in [-0.4, -0.2) is 80.1 Å². The van der Waals surface area contributed by atoms with Crippen LogP contribution in [0.4, 0.5) is 22.7 Å². The monoisotopic (exact) mass is 675 g/mol. The van der Waals surface area contributed by atoms with Crippen molar-refractivity contribution in [1.82, 2.24) is 34.4 Å². The van der Waals surface area contributed by atoms with Crippen molar-refractivity contribution in [1.29, 1.82) is 0 Å². The Hall–Kier alpha value is -5.27. The Balaban J connectivity index is 1.14. The van der Waals surface area contributed by atoms with E-state index in [0.717, 1.165) is 69.3 Å². The number of benzene rings is 2. The molecule has 0 spiro atoms. The Morgan fingerprint density at radius 1 is 1.16 bits per heavy atom. The summed E-state index contributed by atoms with van der Waals surface area (Å²) in [6, 6.07) is 16.6. The van der Waals surface area contributed by atoms with Gasteiger partial charge in [0.05, 0.1) is 17.4 Å². The number of rotatable bonds is 12. The van der Waals surface area contributed by atoms with Crippen molar-refractivity contribution in [3.05, 3.63) is 89.6 Å². The maximum Gasteiger partial charge on any atom is 0.248 e. The number of aromatic nitrogens is 6. The van der Waals surface area contributed by atoms with E-state index >= 15 is 0 Å². The molecular weight excluding hydrogens is 635 g/mol. The lowest BCUT2D eigenvalue weighted by Gasteiger charge is -2.19. The summed E-state index contributed by atoms with van der Waals surface area (Å²) in [6.45, 7) is 7.17. The number of likely N-dealkylation sites (N-methyl/N-ethyl adjacent to an activating group) is 1. The van der Waals surface area contributed by atoms with Crippen molar-refractivity contribution in [3.8, 4) is 11.3 Å². The number of hydrogen-bond donors (Lipinski definition) is 4. The summed E-state index contributed by atoms with van der Waals surface area (Å²) < 4.78 is 1.81. The minimum absolute atomic E-state index is 0.162. The van der Waals surface area contributed by atoms with Gasteiger partial charge in [0.25, 0.3) is 0 Å². The van der Waals surface area contributed by atoms with Crippen LogP contribution in [0.15, 0.2) is 78.5 Å². The molecule has 1 amide bonds. The molecule has 1 aliphatic rings. The fourth-order valence-corrected chi connectivity index (χ4v) is 6.74. The standard InChI is InChI=1S/C36H41N11OS/c1-23(2)28-21-39-47-33(28)43-35(46-17-14-26(22-46)40-36-37-15-18-49-36)44-34(47)38-20-25-9-5-6-11-27(25)30-19-24-10-7-12-29(32(24)42-30)41-31(48)13-8-16-45(3)4/h5-13,15,18-19,21,23,26,42H,14,16-17,20,22H2,1-4H3,(H,37,40)(H,41,48)(H,38,43,44)/b13-8+. The van der Waals surface area contributed by atoms with Gasteiger partial charge in [0, 0.05) is 72.1 Å². The molecule has 13 heteroatoms. The van der Waals surface area contributed by atoms with Crippen LogP contribution in [0.5, 0.6) is 0 Å². The van der Waals surface area contributed by atoms with Gasteiger partial charge in [-0.2, -0.15) is 19.6 Å². The molecule has 1 unspecified atom stereocenters. The molecule has 2 aromatic carbocycles. The Labute approximate surface area is 289 Å². The van der Waals surface area contributed by atoms with E-state index in [1.54, 1.807) is 17.4 Å². The van der Waals surface area contributed by atoms with E-state index in [9.17, 15) is 4.79 Å². The summed E-state index contributed by atoms with van der Waals surface area (Å²) in [4.78, 5) is 34.9. The highest BCUT2D eigenvalue weighted by atomic mass is 32.1. The van der Waals surface area contributed by atoms with Crippen LogP contribution in [0.25, 0.3) is 27.8 Å². The smallest absolute Gasteiger partial charge is 0.248 e. The van der Waals surface area contributed by atoms with Gasteiger partial charge in [0.1, 0.15) is 0 Å². The van der Waals surface area contributed by atoms with E-state index < -0.39 is 0 Å². The van der Waals surface area contributed by atoms with E-state index in [-0.39, 0.29) is 17.9 Å². The van der Waals surface area contributed by atoms with E-state index in [0.29, 0.717) is 25.0 Å². The molecule has 0 bridgehead atoms. The molecule has 12 nitrogen and oxygen atoms in total. The Morgan fingerprint density at radius 3 is 2.86 bits per heavy atom. The molecule has 1 aliphatic heterocycles. The zero-order valence-electron chi connectivity index (χ0n) is 28.1. The van der Waals surface area contributed by atoms with Gasteiger partial charge in [-0.3, -0.25) is 4.79 Å². The van der Waals surface area contributed by atoms with Gasteiger partial charge in [-0.05, 0) is 44.1 Å². The second kappa shape index (κ2) is 14.1. The molecule has 0 saturated carbocycles. The fraction of sp³-hybridized carbons (Fsp3) is 0.306. The van der Waals surface area contributed by atoms with Crippen LogP contribution < -0.4 is 20.9 Å². The summed E-state index contributed by atoms with van der Waals surface area (Å²) in [5.41, 5.74) is 6.61. The summed E-state index contributed by atoms with van der Waals surface area (Å²) in [6.07, 6.45) is 8.12. The first-order chi connectivity index (χ1) is 23.8. The maximum absolute atomic E-state index is 12.6. The number of anilines is 4. The van der Waals surface area contributed by atoms with Crippen LogP contribution in [0.1, 0.15) is 37.3 Å². The zero-order valence-corrected chi connectivity index (χ0v) is 29.0. The van der Waals surface area contributed by atoms with Gasteiger partial charge in [0.2, 0.25) is 17.8 Å². The van der Waals surface area contributed by atoms with Crippen molar-refractivity contribution in [2.24, 2.45) is 0 Å². The number of thiazole rings is 1. The minimum atomic E-state index is -0.162. The number of carbonyl (C=O) groups excluding carboxylic acids is 1. The number of nitrogens with zero attached hydrogens (tertiary/aromatic N) is 7. The first kappa shape index (κ1) is 32.3. The topological polar surface area (TPSA) is 131 Å². The van der Waals surface area contributed by atoms with Gasteiger partial charge < -0.3 is 30.7 Å². The average molecular weight is 676 g/mol. The first-order valence-electron chi connectivity index (χ1n) is 16.5. The second-order valence-corrected chi connectivity index (χ2v) is 13.8. The average Bonchev–Trinajstić information content (AvgIpc) is 3.91. The second-order valence-electron chi connectivity index (χ2n) is 12.9. The lowest BCUT2D eigenvalue weighted by molar-refractivity contribution is -0.111. The van der Waals surface area contributed by atoms with Crippen LogP contribution in [0.2, 0.25) is 0 Å². The van der Waals surface area contributed by atoms with Crippen molar-refractivity contribution in [2.75, 3.05) is 54.6 Å². The number of hydrogen-bond acceptors (Lipinski definition) is 10. The Kier molecular flexibility index (Phi) is 9.27. The van der Waals surface area contributed by atoms with E-state index in [1.807, 2.05) is 77.7 Å². The normalized spacial score (nSPS) is 15.0. The maximum atomic E-state index is 12.6. The summed E-state index contributed by atoms with van der Waals surface area (Å²) in [5.74, 6) is 1.43. The van der Waals surface area contributed by atoms with Crippen LogP contribution in [0, 0.1) is 0 Å². The van der Waals surface area contributed by atoms with Gasteiger partial charge in [-0.15, -0.1) is 11.3 Å². The summed E-state index contributed by atoms with van der Waals surface area (Å²) in [5, 5.41) is 18.8. The van der Waals surface area contributed by atoms with Gasteiger partial charge >= 0.3 is 0 Å². The van der Waals surface area contributed by atoms with E-state index in [2.05, 4.69) is 62.9 Å². The third-order valence-corrected chi connectivity index (χ3v) is 9.34. The lowest BCUT2D eigenvalue weighted by atomic mass is 10.0. The predicted molar refractivity (Wildman–Crippen MR) is 199 cm³/mol. The highest BCUT2D eigenvalue weighted by Gasteiger charge is 2.27. The minimum Gasteiger partial charge on any atom is -0.357 e. The molecule has 4 aromatic heterocycles. The number of carbonyl (C=O) groups is 1. The lowest BCUT2D eigenvalue weighted by Crippen LogP contribution is -2.28. The summed E-state index contributed by atoms with van der Waals surface area (Å²) >= 11 is 1.61. The molecular formula is C36H41N11OS. The molecule has 4 N–H and O–H groups in total. The van der Waals surface area contributed by atoms with Crippen LogP contribution >= 0.6 is 11.3 Å². The van der Waals surface area contributed by atoms with Crippen molar-refractivity contribution in [3.63, 3.8) is 0 Å². The molecule has 7 rings (SSSR count). The number of aromatic amines is 1. The SMILES string of the molecule is CC(C)c1cnn2c(NCc3ccccc3-c3cc4cccc(NC(=O)/C=C/CN(C)C)c4[nH]3)nc(N3CCC(Nc4nccs4)C3)nc12. The molecule has 5 heterocycles. The van der Waals surface area contributed by atoms with Gasteiger partial charge in [-0.25, -0.2) is 4.98 Å². The van der Waals surface area contributed by atoms with Gasteiger partial charge in [-0.1, -0.05) is 56.3 Å². The third kappa shape index (κ3) is 7.13. The molecule has 1 atom stereocenters. The highest BCUT2D eigenvalue weighted by Crippen LogP contribution is 2.32. The molecule has 0 aliphatic carbocycles. The largest absolute Gasteiger partial charge is 0.357 e. The van der Waals surface area contributed by atoms with Crippen molar-refractivity contribution >= 4 is 56.5 Å². The number of nitrogens with one attached hydrogen (secondary N) is 4. The molecule has 1 saturated heterocycles. The van der Waals surface area contributed by atoms with Crippen molar-refractivity contribution in [2.45, 2.75) is 38.8 Å². The highest BCUT2D eigenvalue weighted by molar-refractivity contribution is 7.13. The number of amides is 1. The fourth-order valence-electron chi connectivity index (χ4n) is 6.14. The zero-order chi connectivity index (χ0) is 33.9. The quantitative estimate of drug-likeness (QED) is 0.112. The van der Waals surface area contributed by atoms with E-state index in [1.165, 1.54) is 0 Å². The first-order valence-corrected chi connectivity index (χ1v) is 17.4. The molecule has 252 valence electrons. The molecule has 1 fully saturated rings. The summed E-state index contributed by atoms with van der Waals surface area (Å²) in [7, 11) is 3.94. The van der Waals surface area contributed by atoms with Crippen molar-refractivity contribution < 1.29 is 4.79 Å². The predicted octanol–water partition coefficient (Wildman–Crippen LogP) is 6.21. The number of H-pyrrole nitrogens is 1. The number of para-hydroxylation sites is 1. The number of fused-ring (bicyclic) bond motifs is 2. The Bertz CT molecular complexity index is 2100. The molecule has 6 aromatic rings. The van der Waals surface area contributed by atoms with Crippen LogP contribution in [-0.2, 0) is 11.3 Å². The third-order valence-electron chi connectivity index (χ3n) is 8.63. The Morgan fingerprint density at radius 2 is 2.04 bits per heavy atom. The van der Waals surface area contributed by atoms with Crippen LogP contribution in [0.3, 0.4) is 0 Å². The van der Waals surface area contributed by atoms with E-state index in [4.69, 9.17) is 15.1 Å². The van der Waals surface area contributed by atoms with Gasteiger partial charge in [0.15, 0.2) is 10.8 Å². The molecule has 0 radical (unpaired) electrons. The molecule has 49 heavy (non-hydrogen) atoms.